The second-order valence-electron chi connectivity index (χ2n) is 12.8. The molecule has 2 heterocycles. The summed E-state index contributed by atoms with van der Waals surface area (Å²) in [6.07, 6.45) is 25.2. The Balaban J connectivity index is 0.00000882. The van der Waals surface area contributed by atoms with Gasteiger partial charge in [0.2, 0.25) is 6.23 Å². The smallest absolute Gasteiger partial charge is 0.310 e. The van der Waals surface area contributed by atoms with Crippen LogP contribution in [-0.2, 0) is 9.53 Å². The molecule has 0 amide bonds. The van der Waals surface area contributed by atoms with Crippen LogP contribution in [0, 0.1) is 5.92 Å². The molecule has 0 aliphatic carbocycles. The third-order valence-corrected chi connectivity index (χ3v) is 8.99. The van der Waals surface area contributed by atoms with Gasteiger partial charge in [-0.2, -0.15) is 4.37 Å². The molecule has 0 saturated heterocycles. The monoisotopic (exact) mass is 719 g/mol. The number of halogens is 1. The Morgan fingerprint density at radius 3 is 1.98 bits per heavy atom. The van der Waals surface area contributed by atoms with Crippen LogP contribution in [0.15, 0.2) is 6.08 Å². The number of hydrogen-bond donors (Lipinski definition) is 0. The van der Waals surface area contributed by atoms with Crippen LogP contribution in [0.1, 0.15) is 155 Å². The Bertz CT molecular complexity index is 863. The molecule has 0 radical (unpaired) electrons. The van der Waals surface area contributed by atoms with Crippen LogP contribution >= 0.6 is 11.7 Å². The van der Waals surface area contributed by atoms with Gasteiger partial charge in [-0.3, -0.25) is 9.28 Å². The van der Waals surface area contributed by atoms with E-state index < -0.39 is 0 Å². The molecule has 8 heteroatoms. The van der Waals surface area contributed by atoms with Gasteiger partial charge in [0.25, 0.3) is 5.88 Å². The maximum absolute atomic E-state index is 12.9. The quantitative estimate of drug-likeness (QED) is 0.0513. The van der Waals surface area contributed by atoms with Gasteiger partial charge in [-0.1, -0.05) is 130 Å². The summed E-state index contributed by atoms with van der Waals surface area (Å²) in [6.45, 7) is 11.2. The summed E-state index contributed by atoms with van der Waals surface area (Å²) in [5.41, 5.74) is 2.03. The zero-order chi connectivity index (χ0) is 29.8. The standard InChI is InChI=1S/C34H62N3O3S.HI/c1-6-8-10-12-13-14-15-16-17-18-19-20-21-25-31(38)40-34(29(3)4)37(5)26-23-24-30(28-37)32-33(36-41-35-32)39-27-22-11-9-7-2;/h24,29,34H,6-23,25-28H2,1-5H3;1H/q+1;/p-1. The van der Waals surface area contributed by atoms with Gasteiger partial charge in [-0.15, -0.1) is 4.37 Å². The fraction of sp³-hybridized carbons (Fsp3) is 0.853. The number of likely N-dealkylation sites (N-methyl/N-ethyl adjacent to an activating group) is 1. The van der Waals surface area contributed by atoms with E-state index in [-0.39, 0.29) is 42.1 Å². The number of carbonyl (C=O) groups is 1. The highest BCUT2D eigenvalue weighted by atomic mass is 127. The van der Waals surface area contributed by atoms with Crippen molar-refractivity contribution in [3.63, 3.8) is 0 Å². The lowest BCUT2D eigenvalue weighted by Gasteiger charge is -2.44. The number of hydrogen-bond acceptors (Lipinski definition) is 6. The topological polar surface area (TPSA) is 61.3 Å². The second-order valence-corrected chi connectivity index (χ2v) is 13.4. The molecule has 0 saturated carbocycles. The van der Waals surface area contributed by atoms with Crippen molar-refractivity contribution < 1.29 is 42.7 Å². The molecule has 1 aliphatic rings. The average molecular weight is 720 g/mol. The summed E-state index contributed by atoms with van der Waals surface area (Å²) in [5.74, 6) is 0.846. The van der Waals surface area contributed by atoms with E-state index in [1.54, 1.807) is 0 Å². The van der Waals surface area contributed by atoms with Gasteiger partial charge in [0, 0.05) is 24.3 Å². The highest BCUT2D eigenvalue weighted by molar-refractivity contribution is 6.99. The molecule has 1 aliphatic heterocycles. The average Bonchev–Trinajstić information content (AvgIpc) is 3.42. The molecule has 244 valence electrons. The fourth-order valence-electron chi connectivity index (χ4n) is 6.09. The van der Waals surface area contributed by atoms with Gasteiger partial charge in [0.1, 0.15) is 12.2 Å². The predicted octanol–water partition coefficient (Wildman–Crippen LogP) is 6.74. The Kier molecular flexibility index (Phi) is 22.1. The summed E-state index contributed by atoms with van der Waals surface area (Å²) in [6, 6.07) is 0. The summed E-state index contributed by atoms with van der Waals surface area (Å²) >= 11 is 1.22. The van der Waals surface area contributed by atoms with E-state index in [1.807, 2.05) is 0 Å². The number of quaternary nitrogens is 1. The van der Waals surface area contributed by atoms with Gasteiger partial charge < -0.3 is 33.5 Å². The van der Waals surface area contributed by atoms with E-state index in [0.717, 1.165) is 50.0 Å². The summed E-state index contributed by atoms with van der Waals surface area (Å²) in [4.78, 5) is 12.9. The van der Waals surface area contributed by atoms with Crippen molar-refractivity contribution in [2.45, 2.75) is 156 Å². The molecular weight excluding hydrogens is 657 g/mol. The fourth-order valence-corrected chi connectivity index (χ4v) is 6.62. The molecule has 0 fully saturated rings. The van der Waals surface area contributed by atoms with Gasteiger partial charge in [-0.25, -0.2) is 0 Å². The molecule has 0 aromatic carbocycles. The van der Waals surface area contributed by atoms with Crippen molar-refractivity contribution >= 4 is 23.3 Å². The lowest BCUT2D eigenvalue weighted by molar-refractivity contribution is -0.950. The maximum atomic E-state index is 12.9. The van der Waals surface area contributed by atoms with Gasteiger partial charge in [0.05, 0.1) is 31.9 Å². The SMILES string of the molecule is CCCCCCCCCCCCCCCC(=O)OC(C(C)C)[N+]1(C)CCC=C(c2nsnc2OCCCCCC)C1.[I-]. The first-order valence-corrected chi connectivity index (χ1v) is 17.8. The minimum Gasteiger partial charge on any atom is -1.00 e. The lowest BCUT2D eigenvalue weighted by Crippen LogP contribution is -3.00. The molecule has 42 heavy (non-hydrogen) atoms. The zero-order valence-corrected chi connectivity index (χ0v) is 30.6. The van der Waals surface area contributed by atoms with Crippen molar-refractivity contribution in [2.75, 3.05) is 26.7 Å². The van der Waals surface area contributed by atoms with Crippen LogP contribution in [0.25, 0.3) is 5.57 Å². The molecule has 2 rings (SSSR count). The van der Waals surface area contributed by atoms with Crippen molar-refractivity contribution in [1.29, 1.82) is 0 Å². The van der Waals surface area contributed by atoms with Gasteiger partial charge >= 0.3 is 5.97 Å². The molecule has 6 nitrogen and oxygen atoms in total. The van der Waals surface area contributed by atoms with Crippen molar-refractivity contribution in [3.8, 4) is 5.88 Å². The van der Waals surface area contributed by atoms with Crippen LogP contribution in [-0.4, -0.2) is 52.2 Å². The zero-order valence-electron chi connectivity index (χ0n) is 27.6. The molecule has 2 atom stereocenters. The summed E-state index contributed by atoms with van der Waals surface area (Å²) < 4.78 is 22.0. The predicted molar refractivity (Wildman–Crippen MR) is 173 cm³/mol. The minimum absolute atomic E-state index is 0. The number of aromatic nitrogens is 2. The maximum Gasteiger partial charge on any atom is 0.310 e. The number of esters is 1. The lowest BCUT2D eigenvalue weighted by atomic mass is 10.0. The largest absolute Gasteiger partial charge is 1.00 e. The van der Waals surface area contributed by atoms with Crippen molar-refractivity contribution in [2.24, 2.45) is 5.92 Å². The third-order valence-electron chi connectivity index (χ3n) is 8.48. The van der Waals surface area contributed by atoms with Gasteiger partial charge in [-0.05, 0) is 12.8 Å². The normalized spacial score (nSPS) is 17.5. The van der Waals surface area contributed by atoms with E-state index in [4.69, 9.17) is 9.47 Å². The number of unbranched alkanes of at least 4 members (excludes halogenated alkanes) is 15. The van der Waals surface area contributed by atoms with Gasteiger partial charge in [0.15, 0.2) is 0 Å². The van der Waals surface area contributed by atoms with E-state index >= 15 is 0 Å². The highest BCUT2D eigenvalue weighted by Gasteiger charge is 2.41. The Hall–Kier alpha value is -0.740. The second kappa shape index (κ2) is 23.6. The van der Waals surface area contributed by atoms with E-state index in [9.17, 15) is 4.79 Å². The molecular formula is C34H62IN3O3S. The van der Waals surface area contributed by atoms with Crippen LogP contribution in [0.3, 0.4) is 0 Å². The molecule has 2 unspecified atom stereocenters. The number of carbonyl (C=O) groups excluding carboxylic acids is 1. The summed E-state index contributed by atoms with van der Waals surface area (Å²) in [5, 5.41) is 0. The summed E-state index contributed by atoms with van der Waals surface area (Å²) in [7, 11) is 2.22. The molecule has 0 spiro atoms. The number of nitrogens with zero attached hydrogens (tertiary/aromatic N) is 3. The van der Waals surface area contributed by atoms with Crippen LogP contribution in [0.2, 0.25) is 0 Å². The van der Waals surface area contributed by atoms with E-state index in [0.29, 0.717) is 23.4 Å². The first kappa shape index (κ1) is 39.3. The first-order chi connectivity index (χ1) is 19.9. The minimum atomic E-state index is -0.168. The van der Waals surface area contributed by atoms with Crippen LogP contribution in [0.5, 0.6) is 5.88 Å². The third kappa shape index (κ3) is 15.3. The van der Waals surface area contributed by atoms with E-state index in [1.165, 1.54) is 102 Å². The van der Waals surface area contributed by atoms with Crippen molar-refractivity contribution in [1.82, 2.24) is 8.75 Å². The number of rotatable bonds is 24. The first-order valence-electron chi connectivity index (χ1n) is 17.1. The Morgan fingerprint density at radius 1 is 0.857 bits per heavy atom. The van der Waals surface area contributed by atoms with Crippen LogP contribution < -0.4 is 28.7 Å². The molecule has 0 N–H and O–H groups in total. The number of ether oxygens (including phenoxy) is 2. The van der Waals surface area contributed by atoms with Crippen LogP contribution in [0.4, 0.5) is 0 Å². The van der Waals surface area contributed by atoms with Crippen molar-refractivity contribution in [3.05, 3.63) is 11.8 Å². The Labute approximate surface area is 279 Å². The Morgan fingerprint density at radius 2 is 1.40 bits per heavy atom. The molecule has 0 bridgehead atoms. The molecule has 1 aromatic rings. The van der Waals surface area contributed by atoms with E-state index in [2.05, 4.69) is 49.6 Å². The highest BCUT2D eigenvalue weighted by Crippen LogP contribution is 2.33. The molecule has 1 aromatic heterocycles.